The molecule has 0 atom stereocenters. The van der Waals surface area contributed by atoms with E-state index in [1.54, 1.807) is 12.5 Å². The second-order valence-electron chi connectivity index (χ2n) is 4.57. The highest BCUT2D eigenvalue weighted by Gasteiger charge is 2.18. The minimum atomic E-state index is 0.745. The van der Waals surface area contributed by atoms with Crippen molar-refractivity contribution in [1.82, 2.24) is 19.9 Å². The number of pyridine rings is 1. The van der Waals surface area contributed by atoms with Gasteiger partial charge in [0, 0.05) is 24.7 Å². The van der Waals surface area contributed by atoms with Crippen LogP contribution in [0.25, 0.3) is 21.9 Å². The van der Waals surface area contributed by atoms with E-state index < -0.39 is 0 Å². The van der Waals surface area contributed by atoms with Crippen LogP contribution in [-0.4, -0.2) is 46.2 Å². The summed E-state index contributed by atoms with van der Waals surface area (Å²) >= 11 is 0. The first-order valence-electron chi connectivity index (χ1n) is 7.32. The molecule has 6 nitrogen and oxygen atoms in total. The number of nitrogens with zero attached hydrogens (tertiary/aromatic N) is 4. The average Bonchev–Trinajstić information content (AvgIpc) is 2.96. The molecule has 0 unspecified atom stereocenters. The Morgan fingerprint density at radius 2 is 2.00 bits per heavy atom. The van der Waals surface area contributed by atoms with Gasteiger partial charge in [0.15, 0.2) is 0 Å². The number of aromatic amines is 1. The normalized spacial score (nSPS) is 15.0. The van der Waals surface area contributed by atoms with Crippen LogP contribution in [0.3, 0.4) is 0 Å². The minimum absolute atomic E-state index is 0.745. The van der Waals surface area contributed by atoms with Crippen LogP contribution in [0.1, 0.15) is 13.8 Å². The van der Waals surface area contributed by atoms with Gasteiger partial charge in [-0.25, -0.2) is 9.97 Å². The predicted molar refractivity (Wildman–Crippen MR) is 83.6 cm³/mol. The number of fused-ring (bicyclic) bond motifs is 3. The van der Waals surface area contributed by atoms with Crippen molar-refractivity contribution in [2.24, 2.45) is 0 Å². The molecule has 4 rings (SSSR count). The third-order valence-electron chi connectivity index (χ3n) is 3.48. The van der Waals surface area contributed by atoms with Gasteiger partial charge in [0.25, 0.3) is 0 Å². The fourth-order valence-electron chi connectivity index (χ4n) is 2.57. The summed E-state index contributed by atoms with van der Waals surface area (Å²) in [5.74, 6) is 0.978. The zero-order valence-electron chi connectivity index (χ0n) is 12.3. The molecule has 0 aliphatic carbocycles. The van der Waals surface area contributed by atoms with Crippen LogP contribution in [0, 0.1) is 0 Å². The first-order valence-corrected chi connectivity index (χ1v) is 7.32. The lowest BCUT2D eigenvalue weighted by Gasteiger charge is -2.28. The number of ether oxygens (including phenoxy) is 1. The fourth-order valence-corrected chi connectivity index (χ4v) is 2.57. The number of aromatic nitrogens is 4. The Morgan fingerprint density at radius 3 is 2.81 bits per heavy atom. The quantitative estimate of drug-likeness (QED) is 0.743. The van der Waals surface area contributed by atoms with E-state index in [1.165, 1.54) is 0 Å². The summed E-state index contributed by atoms with van der Waals surface area (Å²) in [5.41, 5.74) is 1.85. The van der Waals surface area contributed by atoms with Crippen molar-refractivity contribution >= 4 is 27.8 Å². The van der Waals surface area contributed by atoms with Gasteiger partial charge < -0.3 is 14.6 Å². The summed E-state index contributed by atoms with van der Waals surface area (Å²) in [4.78, 5) is 18.5. The van der Waals surface area contributed by atoms with E-state index in [0.717, 1.165) is 54.1 Å². The van der Waals surface area contributed by atoms with Gasteiger partial charge >= 0.3 is 0 Å². The Labute approximate surface area is 123 Å². The highest BCUT2D eigenvalue weighted by molar-refractivity contribution is 6.10. The fraction of sp³-hybridized carbons (Fsp3) is 0.400. The lowest BCUT2D eigenvalue weighted by molar-refractivity contribution is 0.122. The topological polar surface area (TPSA) is 66.9 Å². The summed E-state index contributed by atoms with van der Waals surface area (Å²) in [5, 5.41) is 2.19. The number of morpholine rings is 1. The molecule has 1 aliphatic rings. The van der Waals surface area contributed by atoms with Gasteiger partial charge in [-0.3, -0.25) is 4.98 Å². The van der Waals surface area contributed by atoms with Gasteiger partial charge in [-0.2, -0.15) is 0 Å². The van der Waals surface area contributed by atoms with E-state index in [2.05, 4.69) is 24.8 Å². The molecule has 0 amide bonds. The molecule has 3 aromatic heterocycles. The second kappa shape index (κ2) is 6.05. The summed E-state index contributed by atoms with van der Waals surface area (Å²) in [6, 6.07) is 2.00. The van der Waals surface area contributed by atoms with E-state index in [0.29, 0.717) is 0 Å². The third kappa shape index (κ3) is 2.42. The first-order chi connectivity index (χ1) is 10.4. The Bertz CT molecular complexity index is 733. The molecule has 4 heterocycles. The van der Waals surface area contributed by atoms with Gasteiger partial charge in [0.05, 0.1) is 30.3 Å². The van der Waals surface area contributed by atoms with E-state index in [9.17, 15) is 0 Å². The molecule has 1 aliphatic heterocycles. The maximum Gasteiger partial charge on any atom is 0.143 e. The minimum Gasteiger partial charge on any atom is -0.378 e. The SMILES string of the molecule is CC.c1cc2c(cn1)[nH]c1ncnc(N3CCOCC3)c12. The zero-order valence-corrected chi connectivity index (χ0v) is 12.3. The van der Waals surface area contributed by atoms with Crippen molar-refractivity contribution in [2.75, 3.05) is 31.2 Å². The standard InChI is InChI=1S/C13H13N5O.C2H6/c1-2-14-7-10-9(1)11-12(17-10)15-8-16-13(11)18-3-5-19-6-4-18;1-2/h1-2,7-8H,3-6H2,(H,15,16,17);1-2H3. The maximum absolute atomic E-state index is 5.40. The molecule has 1 fully saturated rings. The Balaban J connectivity index is 0.000000636. The van der Waals surface area contributed by atoms with Gasteiger partial charge in [-0.1, -0.05) is 13.8 Å². The highest BCUT2D eigenvalue weighted by Crippen LogP contribution is 2.30. The van der Waals surface area contributed by atoms with E-state index in [-0.39, 0.29) is 0 Å². The number of H-pyrrole nitrogens is 1. The molecule has 6 heteroatoms. The van der Waals surface area contributed by atoms with Crippen LogP contribution in [0.4, 0.5) is 5.82 Å². The number of hydrogen-bond donors (Lipinski definition) is 1. The third-order valence-corrected chi connectivity index (χ3v) is 3.48. The number of nitrogens with one attached hydrogen (secondary N) is 1. The molecule has 0 saturated carbocycles. The summed E-state index contributed by atoms with van der Waals surface area (Å²) in [6.45, 7) is 7.22. The second-order valence-corrected chi connectivity index (χ2v) is 4.57. The van der Waals surface area contributed by atoms with Crippen LogP contribution in [0.15, 0.2) is 24.8 Å². The van der Waals surface area contributed by atoms with Crippen molar-refractivity contribution in [3.63, 3.8) is 0 Å². The van der Waals surface area contributed by atoms with Crippen molar-refractivity contribution in [1.29, 1.82) is 0 Å². The summed E-state index contributed by atoms with van der Waals surface area (Å²) in [6.07, 6.45) is 5.22. The van der Waals surface area contributed by atoms with Crippen LogP contribution in [-0.2, 0) is 4.74 Å². The van der Waals surface area contributed by atoms with Crippen molar-refractivity contribution in [2.45, 2.75) is 13.8 Å². The van der Waals surface area contributed by atoms with E-state index >= 15 is 0 Å². The van der Waals surface area contributed by atoms with E-state index in [4.69, 9.17) is 4.74 Å². The summed E-state index contributed by atoms with van der Waals surface area (Å²) in [7, 11) is 0. The molecule has 110 valence electrons. The maximum atomic E-state index is 5.40. The van der Waals surface area contributed by atoms with Crippen LogP contribution >= 0.6 is 0 Å². The molecule has 1 N–H and O–H groups in total. The highest BCUT2D eigenvalue weighted by atomic mass is 16.5. The Hall–Kier alpha value is -2.21. The molecule has 21 heavy (non-hydrogen) atoms. The van der Waals surface area contributed by atoms with Gasteiger partial charge in [0.1, 0.15) is 17.8 Å². The smallest absolute Gasteiger partial charge is 0.143 e. The van der Waals surface area contributed by atoms with Crippen molar-refractivity contribution in [3.05, 3.63) is 24.8 Å². The molecule has 0 spiro atoms. The molecular weight excluding hydrogens is 266 g/mol. The monoisotopic (exact) mass is 285 g/mol. The lowest BCUT2D eigenvalue weighted by atomic mass is 10.2. The molecule has 3 aromatic rings. The van der Waals surface area contributed by atoms with Gasteiger partial charge in [-0.15, -0.1) is 0 Å². The summed E-state index contributed by atoms with van der Waals surface area (Å²) < 4.78 is 5.40. The largest absolute Gasteiger partial charge is 0.378 e. The van der Waals surface area contributed by atoms with Crippen molar-refractivity contribution in [3.8, 4) is 0 Å². The molecular formula is C15H19N5O. The average molecular weight is 285 g/mol. The first kappa shape index (κ1) is 13.8. The van der Waals surface area contributed by atoms with Crippen molar-refractivity contribution < 1.29 is 4.74 Å². The van der Waals surface area contributed by atoms with Crippen LogP contribution < -0.4 is 4.90 Å². The van der Waals surface area contributed by atoms with E-state index in [1.807, 2.05) is 26.1 Å². The Morgan fingerprint density at radius 1 is 1.19 bits per heavy atom. The predicted octanol–water partition coefficient (Wildman–Crippen LogP) is 2.37. The number of hydrogen-bond acceptors (Lipinski definition) is 5. The number of rotatable bonds is 1. The number of anilines is 1. The van der Waals surface area contributed by atoms with Gasteiger partial charge in [0.2, 0.25) is 0 Å². The van der Waals surface area contributed by atoms with Crippen LogP contribution in [0.2, 0.25) is 0 Å². The lowest BCUT2D eigenvalue weighted by Crippen LogP contribution is -2.36. The molecule has 0 aromatic carbocycles. The van der Waals surface area contributed by atoms with Crippen LogP contribution in [0.5, 0.6) is 0 Å². The zero-order chi connectivity index (χ0) is 14.7. The molecule has 0 bridgehead atoms. The molecule has 1 saturated heterocycles. The Kier molecular flexibility index (Phi) is 3.96. The molecule has 0 radical (unpaired) electrons. The van der Waals surface area contributed by atoms with Gasteiger partial charge in [-0.05, 0) is 6.07 Å².